The Hall–Kier alpha value is -2.03. The van der Waals surface area contributed by atoms with E-state index in [4.69, 9.17) is 4.74 Å². The maximum Gasteiger partial charge on any atom is 0.277 e. The molecule has 2 aromatic heterocycles. The van der Waals surface area contributed by atoms with Crippen molar-refractivity contribution >= 4 is 11.6 Å². The Kier molecular flexibility index (Phi) is 4.18. The smallest absolute Gasteiger partial charge is 0.277 e. The first-order chi connectivity index (χ1) is 12.0. The number of nitrogens with zero attached hydrogens (tertiary/aromatic N) is 4. The van der Waals surface area contributed by atoms with Crippen LogP contribution in [0.1, 0.15) is 16.1 Å². The van der Waals surface area contributed by atoms with Crippen LogP contribution in [-0.2, 0) is 4.74 Å². The molecule has 2 aromatic rings. The number of carbonyl (C=O) groups is 1. The van der Waals surface area contributed by atoms with Gasteiger partial charge in [-0.3, -0.25) is 14.1 Å². The third-order valence-electron chi connectivity index (χ3n) is 4.99. The van der Waals surface area contributed by atoms with Gasteiger partial charge in [0, 0.05) is 32.4 Å². The van der Waals surface area contributed by atoms with E-state index < -0.39 is 18.0 Å². The molecule has 2 aliphatic rings. The van der Waals surface area contributed by atoms with E-state index in [1.807, 2.05) is 6.92 Å². The zero-order valence-electron chi connectivity index (χ0n) is 14.1. The summed E-state index contributed by atoms with van der Waals surface area (Å²) in [5.74, 6) is -1.14. The first kappa shape index (κ1) is 16.4. The van der Waals surface area contributed by atoms with Crippen molar-refractivity contribution in [1.29, 1.82) is 0 Å². The van der Waals surface area contributed by atoms with Gasteiger partial charge < -0.3 is 14.7 Å². The first-order valence-corrected chi connectivity index (χ1v) is 8.48. The van der Waals surface area contributed by atoms with Gasteiger partial charge in [-0.1, -0.05) is 0 Å². The van der Waals surface area contributed by atoms with Crippen molar-refractivity contribution in [2.24, 2.45) is 0 Å². The van der Waals surface area contributed by atoms with E-state index in [9.17, 15) is 14.3 Å². The average Bonchev–Trinajstić information content (AvgIpc) is 3.15. The first-order valence-electron chi connectivity index (χ1n) is 8.48. The molecule has 1 amide bonds. The van der Waals surface area contributed by atoms with Gasteiger partial charge >= 0.3 is 0 Å². The molecule has 2 atom stereocenters. The van der Waals surface area contributed by atoms with Crippen LogP contribution in [0.25, 0.3) is 5.65 Å². The van der Waals surface area contributed by atoms with E-state index in [0.29, 0.717) is 25.4 Å². The number of ether oxygens (including phenoxy) is 1. The number of aryl methyl sites for hydroxylation is 1. The minimum atomic E-state index is -0.663. The molecule has 134 valence electrons. The highest BCUT2D eigenvalue weighted by molar-refractivity contribution is 5.93. The maximum atomic E-state index is 14.6. The fraction of sp³-hybridized carbons (Fsp3) is 0.529. The molecule has 2 saturated heterocycles. The van der Waals surface area contributed by atoms with Crippen LogP contribution >= 0.6 is 0 Å². The highest BCUT2D eigenvalue weighted by Crippen LogP contribution is 2.21. The number of β-amino-alcohol motifs (C(OH)–C–C–N with tert-alkyl or cyclic N) is 1. The summed E-state index contributed by atoms with van der Waals surface area (Å²) < 4.78 is 21.2. The van der Waals surface area contributed by atoms with Gasteiger partial charge in [-0.05, 0) is 24.6 Å². The predicted molar refractivity (Wildman–Crippen MR) is 88.0 cm³/mol. The monoisotopic (exact) mass is 348 g/mol. The summed E-state index contributed by atoms with van der Waals surface area (Å²) in [5.41, 5.74) is 1.16. The van der Waals surface area contributed by atoms with E-state index in [0.717, 1.165) is 18.7 Å². The lowest BCUT2D eigenvalue weighted by atomic mass is 10.1. The van der Waals surface area contributed by atoms with Crippen molar-refractivity contribution in [3.05, 3.63) is 35.5 Å². The molecule has 4 rings (SSSR count). The highest BCUT2D eigenvalue weighted by Gasteiger charge is 2.39. The maximum absolute atomic E-state index is 14.6. The van der Waals surface area contributed by atoms with Crippen LogP contribution in [0.15, 0.2) is 18.3 Å². The number of fused-ring (bicyclic) bond motifs is 1. The van der Waals surface area contributed by atoms with E-state index in [1.165, 1.54) is 9.30 Å². The Morgan fingerprint density at radius 3 is 2.88 bits per heavy atom. The number of aromatic nitrogens is 2. The van der Waals surface area contributed by atoms with E-state index >= 15 is 0 Å². The third kappa shape index (κ3) is 2.90. The van der Waals surface area contributed by atoms with Crippen LogP contribution in [0.4, 0.5) is 4.39 Å². The summed E-state index contributed by atoms with van der Waals surface area (Å²) in [6, 6.07) is 3.35. The Labute approximate surface area is 144 Å². The number of aliphatic hydroxyl groups is 1. The second-order valence-corrected chi connectivity index (χ2v) is 6.68. The third-order valence-corrected chi connectivity index (χ3v) is 4.99. The number of amides is 1. The summed E-state index contributed by atoms with van der Waals surface area (Å²) in [6.07, 6.45) is 0.920. The van der Waals surface area contributed by atoms with Gasteiger partial charge in [0.1, 0.15) is 5.65 Å². The van der Waals surface area contributed by atoms with E-state index in [2.05, 4.69) is 9.88 Å². The van der Waals surface area contributed by atoms with Gasteiger partial charge in [0.2, 0.25) is 5.95 Å². The number of imidazole rings is 1. The zero-order valence-corrected chi connectivity index (χ0v) is 14.1. The van der Waals surface area contributed by atoms with E-state index in [1.54, 1.807) is 18.3 Å². The standard InChI is InChI=1S/C17H21FN4O3/c1-11-2-3-22-14(8-11)19-15(16(22)18)17(24)21-9-12(13(23)10-21)20-4-6-25-7-5-20/h2-3,8,12-13,23H,4-7,9-10H2,1H3/t12-,13-/m0/s1. The lowest BCUT2D eigenvalue weighted by Gasteiger charge is -2.33. The molecule has 0 unspecified atom stereocenters. The molecule has 0 aromatic carbocycles. The molecule has 7 nitrogen and oxygen atoms in total. The molecule has 2 fully saturated rings. The van der Waals surface area contributed by atoms with Crippen LogP contribution < -0.4 is 0 Å². The van der Waals surface area contributed by atoms with Crippen molar-refractivity contribution < 1.29 is 19.0 Å². The normalized spacial score (nSPS) is 25.0. The van der Waals surface area contributed by atoms with Gasteiger partial charge in [0.15, 0.2) is 5.69 Å². The van der Waals surface area contributed by atoms with Crippen molar-refractivity contribution in [3.63, 3.8) is 0 Å². The number of carbonyl (C=O) groups excluding carboxylic acids is 1. The molecule has 2 aliphatic heterocycles. The molecular formula is C17H21FN4O3. The molecule has 0 bridgehead atoms. The largest absolute Gasteiger partial charge is 0.390 e. The molecule has 4 heterocycles. The number of halogens is 1. The van der Waals surface area contributed by atoms with Crippen molar-refractivity contribution in [1.82, 2.24) is 19.2 Å². The average molecular weight is 348 g/mol. The fourth-order valence-corrected chi connectivity index (χ4v) is 3.61. The van der Waals surface area contributed by atoms with Crippen LogP contribution in [-0.4, -0.2) is 81.7 Å². The van der Waals surface area contributed by atoms with Gasteiger partial charge in [0.05, 0.1) is 25.4 Å². The van der Waals surface area contributed by atoms with E-state index in [-0.39, 0.29) is 18.3 Å². The molecule has 0 aliphatic carbocycles. The number of aliphatic hydroxyl groups excluding tert-OH is 1. The van der Waals surface area contributed by atoms with Crippen LogP contribution in [0.5, 0.6) is 0 Å². The van der Waals surface area contributed by atoms with Crippen LogP contribution in [0.2, 0.25) is 0 Å². The topological polar surface area (TPSA) is 70.3 Å². The molecule has 8 heteroatoms. The summed E-state index contributed by atoms with van der Waals surface area (Å²) in [7, 11) is 0. The minimum absolute atomic E-state index is 0.143. The van der Waals surface area contributed by atoms with Crippen molar-refractivity contribution in [2.75, 3.05) is 39.4 Å². The Morgan fingerprint density at radius 2 is 2.12 bits per heavy atom. The summed E-state index contributed by atoms with van der Waals surface area (Å²) in [4.78, 5) is 20.5. The highest BCUT2D eigenvalue weighted by atomic mass is 19.1. The Bertz CT molecular complexity index is 803. The number of likely N-dealkylation sites (tertiary alicyclic amines) is 1. The fourth-order valence-electron chi connectivity index (χ4n) is 3.61. The number of rotatable bonds is 2. The van der Waals surface area contributed by atoms with Gasteiger partial charge in [0.25, 0.3) is 5.91 Å². The minimum Gasteiger partial charge on any atom is -0.390 e. The van der Waals surface area contributed by atoms with Crippen LogP contribution in [0.3, 0.4) is 0 Å². The predicted octanol–water partition coefficient (Wildman–Crippen LogP) is 0.299. The molecular weight excluding hydrogens is 327 g/mol. The lowest BCUT2D eigenvalue weighted by Crippen LogP contribution is -2.49. The quantitative estimate of drug-likeness (QED) is 0.845. The van der Waals surface area contributed by atoms with Gasteiger partial charge in [-0.25, -0.2) is 4.98 Å². The second-order valence-electron chi connectivity index (χ2n) is 6.68. The molecule has 0 radical (unpaired) electrons. The Morgan fingerprint density at radius 1 is 1.36 bits per heavy atom. The summed E-state index contributed by atoms with van der Waals surface area (Å²) >= 11 is 0. The summed E-state index contributed by atoms with van der Waals surface area (Å²) in [6.45, 7) is 5.14. The van der Waals surface area contributed by atoms with Gasteiger partial charge in [-0.15, -0.1) is 0 Å². The SMILES string of the molecule is Cc1ccn2c(F)c(C(=O)N3C[C@H](O)[C@@H](N4CCOCC4)C3)nc2c1. The zero-order chi connectivity index (χ0) is 17.6. The Balaban J connectivity index is 1.56. The van der Waals surface area contributed by atoms with Crippen molar-refractivity contribution in [2.45, 2.75) is 19.1 Å². The number of pyridine rings is 1. The van der Waals surface area contributed by atoms with Crippen molar-refractivity contribution in [3.8, 4) is 0 Å². The molecule has 1 N–H and O–H groups in total. The number of morpholine rings is 1. The van der Waals surface area contributed by atoms with Gasteiger partial charge in [-0.2, -0.15) is 4.39 Å². The molecule has 0 saturated carbocycles. The molecule has 0 spiro atoms. The number of hydrogen-bond donors (Lipinski definition) is 1. The molecule has 25 heavy (non-hydrogen) atoms. The van der Waals surface area contributed by atoms with Crippen LogP contribution in [0, 0.1) is 12.9 Å². The number of hydrogen-bond acceptors (Lipinski definition) is 5. The lowest BCUT2D eigenvalue weighted by molar-refractivity contribution is -0.00611. The second kappa shape index (κ2) is 6.36. The summed E-state index contributed by atoms with van der Waals surface area (Å²) in [5, 5.41) is 10.4.